The van der Waals surface area contributed by atoms with Gasteiger partial charge in [0, 0.05) is 19.6 Å². The van der Waals surface area contributed by atoms with Crippen LogP contribution in [-0.4, -0.2) is 57.3 Å². The van der Waals surface area contributed by atoms with E-state index in [1.54, 1.807) is 19.9 Å². The van der Waals surface area contributed by atoms with Crippen molar-refractivity contribution in [2.24, 2.45) is 16.3 Å². The van der Waals surface area contributed by atoms with Gasteiger partial charge in [0.25, 0.3) is 0 Å². The Hall–Kier alpha value is -2.18. The molecule has 2 aliphatic rings. The monoisotopic (exact) mass is 587 g/mol. The van der Waals surface area contributed by atoms with Crippen LogP contribution in [0.1, 0.15) is 51.7 Å². The molecule has 0 amide bonds. The van der Waals surface area contributed by atoms with Gasteiger partial charge in [-0.2, -0.15) is 26.3 Å². The van der Waals surface area contributed by atoms with Crippen molar-refractivity contribution in [3.8, 4) is 0 Å². The topological polar surface area (TPSA) is 65.0 Å². The first kappa shape index (κ1) is 39.0. The number of hydrogen-bond acceptors (Lipinski definition) is 6. The Morgan fingerprint density at radius 2 is 1.62 bits per heavy atom. The van der Waals surface area contributed by atoms with E-state index in [-0.39, 0.29) is 5.41 Å². The van der Waals surface area contributed by atoms with Crippen LogP contribution < -0.4 is 0 Å². The van der Waals surface area contributed by atoms with Crippen molar-refractivity contribution in [2.45, 2.75) is 64.7 Å². The first-order valence-corrected chi connectivity index (χ1v) is 12.2. The fourth-order valence-electron chi connectivity index (χ4n) is 3.30. The first-order valence-electron chi connectivity index (χ1n) is 11.8. The predicted octanol–water partition coefficient (Wildman–Crippen LogP) is 7.33. The molecule has 2 aliphatic heterocycles. The quantitative estimate of drug-likeness (QED) is 0.224. The second kappa shape index (κ2) is 17.5. The zero-order chi connectivity index (χ0) is 31.1. The van der Waals surface area contributed by atoms with Crippen molar-refractivity contribution < 1.29 is 45.4 Å². The van der Waals surface area contributed by atoms with E-state index in [0.29, 0.717) is 24.2 Å². The summed E-state index contributed by atoms with van der Waals surface area (Å²) in [5.41, 5.74) is -0.444. The summed E-state index contributed by atoms with van der Waals surface area (Å²) < 4.78 is 84.4. The first-order chi connectivity index (χ1) is 17.9. The highest BCUT2D eigenvalue weighted by Gasteiger charge is 2.41. The molecule has 224 valence electrons. The Kier molecular flexibility index (Phi) is 17.5. The minimum absolute atomic E-state index is 0.00312. The van der Waals surface area contributed by atoms with Crippen LogP contribution in [0, 0.1) is 18.3 Å². The van der Waals surface area contributed by atoms with Gasteiger partial charge in [-0.1, -0.05) is 44.5 Å². The lowest BCUT2D eigenvalue weighted by molar-refractivity contribution is -0.137. The molecule has 1 atom stereocenters. The van der Waals surface area contributed by atoms with Gasteiger partial charge in [-0.3, -0.25) is 4.99 Å². The predicted molar refractivity (Wildman–Crippen MR) is 144 cm³/mol. The smallest absolute Gasteiger partial charge is 0.381 e. The molecule has 12 heteroatoms. The molecule has 0 saturated carbocycles. The van der Waals surface area contributed by atoms with Gasteiger partial charge in [0.1, 0.15) is 24.2 Å². The summed E-state index contributed by atoms with van der Waals surface area (Å²) in [6.45, 7) is 16.0. The van der Waals surface area contributed by atoms with Crippen molar-refractivity contribution in [3.63, 3.8) is 0 Å². The van der Waals surface area contributed by atoms with Gasteiger partial charge in [-0.05, 0) is 49.8 Å². The molecule has 5 nitrogen and oxygen atoms in total. The van der Waals surface area contributed by atoms with E-state index in [4.69, 9.17) is 19.1 Å². The van der Waals surface area contributed by atoms with Gasteiger partial charge in [-0.25, -0.2) is 0 Å². The average Bonchev–Trinajstić information content (AvgIpc) is 2.82. The Balaban J connectivity index is 0. The van der Waals surface area contributed by atoms with Crippen LogP contribution in [0.4, 0.5) is 26.3 Å². The Bertz CT molecular complexity index is 912. The number of halogens is 6. The summed E-state index contributed by atoms with van der Waals surface area (Å²) in [5.74, 6) is 0.843. The summed E-state index contributed by atoms with van der Waals surface area (Å²) in [5, 5.41) is 0. The third-order valence-corrected chi connectivity index (χ3v) is 6.13. The standard InChI is InChI=1S/C13H20F3NOS.C8H7F3.C4H8O.2CH2O/c1-9(7-10(17-4)13(14,15)16)12(19)8-11(2,3)5-6-18-12;1-6-3-2-4-7(5-6)8(9,10)11;1-4-2-5-3-4;2*1-2/h7,19H,5-6,8H2,1-4H3;2-5H,1H3;4H,2-3H2,1H3;2*1H2/b9-7+,17-10?;;;;/t12-;;;;/m0..../s1. The second-order valence-electron chi connectivity index (χ2n) is 9.67. The number of alkyl halides is 6. The number of hydrogen-bond donors (Lipinski definition) is 1. The maximum Gasteiger partial charge on any atom is 0.432 e. The number of carbonyl (C=O) groups is 2. The number of aryl methyl sites for hydroxylation is 1. The molecule has 2 heterocycles. The number of benzene rings is 1. The number of carbonyl (C=O) groups excluding carboxylic acids is 2. The molecule has 0 N–H and O–H groups in total. The summed E-state index contributed by atoms with van der Waals surface area (Å²) >= 11 is 4.45. The number of nitrogens with zero attached hydrogens (tertiary/aromatic N) is 1. The van der Waals surface area contributed by atoms with Gasteiger partial charge >= 0.3 is 12.4 Å². The highest BCUT2D eigenvalue weighted by atomic mass is 32.1. The van der Waals surface area contributed by atoms with Crippen LogP contribution >= 0.6 is 12.6 Å². The Morgan fingerprint density at radius 1 is 1.10 bits per heavy atom. The SMILES string of the molecule is C=O.C=O.CC1COC1.CN=C(/C=C(\C)[C@@]1(S)CC(C)(C)CCO1)C(F)(F)F.Cc1cccc(C(F)(F)F)c1. The third-order valence-electron chi connectivity index (χ3n) is 5.49. The lowest BCUT2D eigenvalue weighted by atomic mass is 9.79. The van der Waals surface area contributed by atoms with E-state index in [0.717, 1.165) is 50.8 Å². The minimum atomic E-state index is -4.45. The third kappa shape index (κ3) is 15.3. The summed E-state index contributed by atoms with van der Waals surface area (Å²) in [6, 6.07) is 5.22. The van der Waals surface area contributed by atoms with E-state index < -0.39 is 28.6 Å². The van der Waals surface area contributed by atoms with Crippen LogP contribution in [0.2, 0.25) is 0 Å². The Morgan fingerprint density at radius 3 is 1.92 bits per heavy atom. The molecule has 0 unspecified atom stereocenters. The van der Waals surface area contributed by atoms with Gasteiger partial charge in [-0.15, -0.1) is 12.6 Å². The van der Waals surface area contributed by atoms with E-state index in [2.05, 4.69) is 38.4 Å². The van der Waals surface area contributed by atoms with E-state index in [1.165, 1.54) is 6.07 Å². The summed E-state index contributed by atoms with van der Waals surface area (Å²) in [7, 11) is 1.13. The second-order valence-corrected chi connectivity index (χ2v) is 10.4. The van der Waals surface area contributed by atoms with E-state index in [1.807, 2.05) is 13.6 Å². The van der Waals surface area contributed by atoms with Gasteiger partial charge < -0.3 is 19.1 Å². The molecule has 1 aromatic rings. The number of ether oxygens (including phenoxy) is 2. The van der Waals surface area contributed by atoms with Crippen molar-refractivity contribution in [1.29, 1.82) is 0 Å². The largest absolute Gasteiger partial charge is 0.432 e. The number of aliphatic imine (C=N–C) groups is 1. The van der Waals surface area contributed by atoms with Crippen molar-refractivity contribution in [3.05, 3.63) is 47.0 Å². The lowest BCUT2D eigenvalue weighted by Gasteiger charge is -2.42. The molecule has 1 aromatic carbocycles. The van der Waals surface area contributed by atoms with Crippen LogP contribution in [-0.2, 0) is 25.2 Å². The normalized spacial score (nSPS) is 21.2. The van der Waals surface area contributed by atoms with Crippen LogP contribution in [0.3, 0.4) is 0 Å². The molecule has 0 bridgehead atoms. The maximum atomic E-state index is 12.7. The molecule has 0 aliphatic carbocycles. The summed E-state index contributed by atoms with van der Waals surface area (Å²) in [6.07, 6.45) is -6.21. The van der Waals surface area contributed by atoms with Crippen molar-refractivity contribution in [1.82, 2.24) is 0 Å². The fraction of sp³-hybridized carbons (Fsp3) is 0.593. The molecule has 2 fully saturated rings. The molecule has 0 aromatic heterocycles. The van der Waals surface area contributed by atoms with Crippen LogP contribution in [0.25, 0.3) is 0 Å². The molecule has 3 rings (SSSR count). The number of allylic oxidation sites excluding steroid dienone is 1. The van der Waals surface area contributed by atoms with Crippen LogP contribution in [0.5, 0.6) is 0 Å². The van der Waals surface area contributed by atoms with Crippen molar-refractivity contribution in [2.75, 3.05) is 26.9 Å². The highest BCUT2D eigenvalue weighted by molar-refractivity contribution is 7.81. The van der Waals surface area contributed by atoms with Gasteiger partial charge in [0.2, 0.25) is 0 Å². The van der Waals surface area contributed by atoms with Crippen molar-refractivity contribution >= 4 is 31.9 Å². The van der Waals surface area contributed by atoms with Crippen LogP contribution in [0.15, 0.2) is 40.9 Å². The molecule has 2 saturated heterocycles. The highest BCUT2D eigenvalue weighted by Crippen LogP contribution is 2.44. The molecule has 39 heavy (non-hydrogen) atoms. The number of rotatable bonds is 2. The average molecular weight is 588 g/mol. The Labute approximate surface area is 232 Å². The van der Waals surface area contributed by atoms with Gasteiger partial charge in [0.05, 0.1) is 18.8 Å². The van der Waals surface area contributed by atoms with E-state index in [9.17, 15) is 26.3 Å². The fourth-order valence-corrected chi connectivity index (χ4v) is 3.89. The minimum Gasteiger partial charge on any atom is -0.381 e. The molecular formula is C27H39F6NO4S. The van der Waals surface area contributed by atoms with E-state index >= 15 is 0 Å². The lowest BCUT2D eigenvalue weighted by Crippen LogP contribution is -2.40. The zero-order valence-corrected chi connectivity index (χ0v) is 24.1. The molecular weight excluding hydrogens is 548 g/mol. The molecule has 0 radical (unpaired) electrons. The zero-order valence-electron chi connectivity index (χ0n) is 23.2. The summed E-state index contributed by atoms with van der Waals surface area (Å²) in [4.78, 5) is 18.3. The number of thiol groups is 1. The van der Waals surface area contributed by atoms with Gasteiger partial charge in [0.15, 0.2) is 0 Å². The maximum absolute atomic E-state index is 12.7. The molecule has 0 spiro atoms.